The summed E-state index contributed by atoms with van der Waals surface area (Å²) in [6.45, 7) is 4.81. The molecule has 0 atom stereocenters. The number of halogens is 1. The van der Waals surface area contributed by atoms with E-state index in [0.29, 0.717) is 10.7 Å². The Bertz CT molecular complexity index is 589. The number of rotatable bonds is 5. The molecule has 1 heterocycles. The minimum atomic E-state index is -0.0408. The van der Waals surface area contributed by atoms with E-state index >= 15 is 0 Å². The standard InChI is InChI=1S/C15H19ClN2O/c1-3-4-5-8-17-15(19)14-10(2)12-9-11(16)6-7-13(12)18-14/h6-7,9,18H,3-5,8H2,1-2H3,(H,17,19). The van der Waals surface area contributed by atoms with E-state index in [4.69, 9.17) is 11.6 Å². The molecule has 1 aromatic carbocycles. The molecule has 2 rings (SSSR count). The molecule has 0 saturated heterocycles. The van der Waals surface area contributed by atoms with Gasteiger partial charge in [-0.15, -0.1) is 0 Å². The second-order valence-corrected chi connectivity index (χ2v) is 5.21. The normalized spacial score (nSPS) is 10.9. The van der Waals surface area contributed by atoms with Crippen LogP contribution in [0.15, 0.2) is 18.2 Å². The maximum Gasteiger partial charge on any atom is 0.268 e. The lowest BCUT2D eigenvalue weighted by Crippen LogP contribution is -2.25. The summed E-state index contributed by atoms with van der Waals surface area (Å²) in [7, 11) is 0. The smallest absolute Gasteiger partial charge is 0.268 e. The topological polar surface area (TPSA) is 44.9 Å². The van der Waals surface area contributed by atoms with E-state index in [1.807, 2.05) is 25.1 Å². The van der Waals surface area contributed by atoms with Gasteiger partial charge in [-0.2, -0.15) is 0 Å². The maximum absolute atomic E-state index is 12.1. The third-order valence-electron chi connectivity index (χ3n) is 3.31. The number of unbranched alkanes of at least 4 members (excludes halogenated alkanes) is 2. The van der Waals surface area contributed by atoms with Crippen LogP contribution in [0.2, 0.25) is 5.02 Å². The van der Waals surface area contributed by atoms with Crippen molar-refractivity contribution >= 4 is 28.4 Å². The summed E-state index contributed by atoms with van der Waals surface area (Å²) in [6.07, 6.45) is 3.31. The van der Waals surface area contributed by atoms with Gasteiger partial charge in [0.1, 0.15) is 5.69 Å². The summed E-state index contributed by atoms with van der Waals surface area (Å²) in [4.78, 5) is 15.3. The summed E-state index contributed by atoms with van der Waals surface area (Å²) in [6, 6.07) is 5.61. The first-order chi connectivity index (χ1) is 9.13. The fraction of sp³-hybridized carbons (Fsp3) is 0.400. The Balaban J connectivity index is 2.16. The molecule has 1 aromatic heterocycles. The van der Waals surface area contributed by atoms with E-state index in [-0.39, 0.29) is 5.91 Å². The third kappa shape index (κ3) is 3.10. The van der Waals surface area contributed by atoms with Crippen molar-refractivity contribution in [3.8, 4) is 0 Å². The van der Waals surface area contributed by atoms with Crippen LogP contribution in [0.25, 0.3) is 10.9 Å². The number of aromatic nitrogens is 1. The van der Waals surface area contributed by atoms with Crippen molar-refractivity contribution in [3.63, 3.8) is 0 Å². The molecule has 3 nitrogen and oxygen atoms in total. The van der Waals surface area contributed by atoms with Gasteiger partial charge in [-0.1, -0.05) is 31.4 Å². The van der Waals surface area contributed by atoms with Gasteiger partial charge in [0.05, 0.1) is 0 Å². The van der Waals surface area contributed by atoms with Crippen molar-refractivity contribution in [1.29, 1.82) is 0 Å². The summed E-state index contributed by atoms with van der Waals surface area (Å²) >= 11 is 5.98. The lowest BCUT2D eigenvalue weighted by atomic mass is 10.1. The zero-order valence-electron chi connectivity index (χ0n) is 11.3. The highest BCUT2D eigenvalue weighted by molar-refractivity contribution is 6.31. The molecule has 0 saturated carbocycles. The van der Waals surface area contributed by atoms with E-state index in [2.05, 4.69) is 17.2 Å². The van der Waals surface area contributed by atoms with Crippen molar-refractivity contribution < 1.29 is 4.79 Å². The van der Waals surface area contributed by atoms with Crippen molar-refractivity contribution in [1.82, 2.24) is 10.3 Å². The zero-order chi connectivity index (χ0) is 13.8. The van der Waals surface area contributed by atoms with Gasteiger partial charge in [0.2, 0.25) is 0 Å². The Kier molecular flexibility index (Phi) is 4.48. The Morgan fingerprint density at radius 3 is 2.89 bits per heavy atom. The molecule has 102 valence electrons. The lowest BCUT2D eigenvalue weighted by molar-refractivity contribution is 0.0948. The number of nitrogens with one attached hydrogen (secondary N) is 2. The molecule has 4 heteroatoms. The average molecular weight is 279 g/mol. The van der Waals surface area contributed by atoms with Crippen LogP contribution in [0.5, 0.6) is 0 Å². The molecule has 0 radical (unpaired) electrons. The van der Waals surface area contributed by atoms with E-state index in [9.17, 15) is 4.79 Å². The van der Waals surface area contributed by atoms with Crippen molar-refractivity contribution in [2.75, 3.05) is 6.54 Å². The molecular weight excluding hydrogens is 260 g/mol. The zero-order valence-corrected chi connectivity index (χ0v) is 12.1. The second-order valence-electron chi connectivity index (χ2n) is 4.78. The average Bonchev–Trinajstić information content (AvgIpc) is 2.72. The van der Waals surface area contributed by atoms with Crippen LogP contribution < -0.4 is 5.32 Å². The Morgan fingerprint density at radius 2 is 2.16 bits per heavy atom. The lowest BCUT2D eigenvalue weighted by Gasteiger charge is -2.03. The van der Waals surface area contributed by atoms with E-state index in [1.165, 1.54) is 0 Å². The van der Waals surface area contributed by atoms with Gasteiger partial charge >= 0.3 is 0 Å². The van der Waals surface area contributed by atoms with Gasteiger partial charge in [-0.05, 0) is 37.1 Å². The number of hydrogen-bond acceptors (Lipinski definition) is 1. The minimum absolute atomic E-state index is 0.0408. The molecule has 2 aromatic rings. The highest BCUT2D eigenvalue weighted by Crippen LogP contribution is 2.24. The van der Waals surface area contributed by atoms with Gasteiger partial charge in [-0.25, -0.2) is 0 Å². The number of aromatic amines is 1. The molecule has 0 bridgehead atoms. The van der Waals surface area contributed by atoms with Crippen LogP contribution in [0, 0.1) is 6.92 Å². The van der Waals surface area contributed by atoms with Gasteiger partial charge in [0.15, 0.2) is 0 Å². The summed E-state index contributed by atoms with van der Waals surface area (Å²) in [5, 5.41) is 4.64. The fourth-order valence-electron chi connectivity index (χ4n) is 2.19. The predicted molar refractivity (Wildman–Crippen MR) is 79.9 cm³/mol. The largest absolute Gasteiger partial charge is 0.351 e. The number of carbonyl (C=O) groups excluding carboxylic acids is 1. The summed E-state index contributed by atoms with van der Waals surface area (Å²) in [5.41, 5.74) is 2.53. The van der Waals surface area contributed by atoms with Crippen molar-refractivity contribution in [3.05, 3.63) is 34.5 Å². The van der Waals surface area contributed by atoms with Gasteiger partial charge in [0, 0.05) is 22.5 Å². The monoisotopic (exact) mass is 278 g/mol. The number of carbonyl (C=O) groups is 1. The summed E-state index contributed by atoms with van der Waals surface area (Å²) in [5.74, 6) is -0.0408. The van der Waals surface area contributed by atoms with Crippen molar-refractivity contribution in [2.45, 2.75) is 33.1 Å². The minimum Gasteiger partial charge on any atom is -0.351 e. The molecule has 19 heavy (non-hydrogen) atoms. The first-order valence-electron chi connectivity index (χ1n) is 6.69. The quantitative estimate of drug-likeness (QED) is 0.796. The second kappa shape index (κ2) is 6.11. The summed E-state index contributed by atoms with van der Waals surface area (Å²) < 4.78 is 0. The molecule has 0 aliphatic carbocycles. The van der Waals surface area contributed by atoms with Gasteiger partial charge in [-0.3, -0.25) is 4.79 Å². The van der Waals surface area contributed by atoms with E-state index in [1.54, 1.807) is 0 Å². The molecule has 2 N–H and O–H groups in total. The fourth-order valence-corrected chi connectivity index (χ4v) is 2.36. The maximum atomic E-state index is 12.1. The first kappa shape index (κ1) is 13.9. The molecule has 1 amide bonds. The molecule has 0 aliphatic rings. The molecule has 0 spiro atoms. The number of H-pyrrole nitrogens is 1. The van der Waals surface area contributed by atoms with Crippen molar-refractivity contribution in [2.24, 2.45) is 0 Å². The Hall–Kier alpha value is -1.48. The number of amides is 1. The Labute approximate surface area is 118 Å². The Morgan fingerprint density at radius 1 is 1.37 bits per heavy atom. The van der Waals surface area contributed by atoms with E-state index < -0.39 is 0 Å². The molecular formula is C15H19ClN2O. The van der Waals surface area contributed by atoms with Crippen LogP contribution in [-0.2, 0) is 0 Å². The van der Waals surface area contributed by atoms with Crippen LogP contribution in [-0.4, -0.2) is 17.4 Å². The number of fused-ring (bicyclic) bond motifs is 1. The van der Waals surface area contributed by atoms with Crippen LogP contribution in [0.1, 0.15) is 42.2 Å². The molecule has 0 aliphatic heterocycles. The number of hydrogen-bond donors (Lipinski definition) is 2. The highest BCUT2D eigenvalue weighted by Gasteiger charge is 2.14. The highest BCUT2D eigenvalue weighted by atomic mass is 35.5. The van der Waals surface area contributed by atoms with Crippen LogP contribution in [0.3, 0.4) is 0 Å². The molecule has 0 fully saturated rings. The number of aryl methyl sites for hydroxylation is 1. The van der Waals surface area contributed by atoms with Crippen LogP contribution in [0.4, 0.5) is 0 Å². The SMILES string of the molecule is CCCCCNC(=O)c1[nH]c2ccc(Cl)cc2c1C. The predicted octanol–water partition coefficient (Wildman–Crippen LogP) is 4.05. The van der Waals surface area contributed by atoms with Crippen LogP contribution >= 0.6 is 11.6 Å². The molecule has 0 unspecified atom stereocenters. The third-order valence-corrected chi connectivity index (χ3v) is 3.55. The van der Waals surface area contributed by atoms with Gasteiger partial charge in [0.25, 0.3) is 5.91 Å². The van der Waals surface area contributed by atoms with E-state index in [0.717, 1.165) is 42.3 Å². The number of benzene rings is 1. The van der Waals surface area contributed by atoms with Gasteiger partial charge < -0.3 is 10.3 Å². The first-order valence-corrected chi connectivity index (χ1v) is 7.07.